The fourth-order valence-electron chi connectivity index (χ4n) is 1.31. The number of hydrogen-bond acceptors (Lipinski definition) is 3. The Labute approximate surface area is 87.4 Å². The number of carbonyl (C=O) groups excluding carboxylic acids is 1. The molecule has 1 rings (SSSR count). The van der Waals surface area contributed by atoms with E-state index < -0.39 is 0 Å². The molecule has 0 atom stereocenters. The highest BCUT2D eigenvalue weighted by atomic mass is 16.6. The number of nitrogens with zero attached hydrogens (tertiary/aromatic N) is 1. The highest BCUT2D eigenvalue weighted by Crippen LogP contribution is 2.05. The molecule has 1 fully saturated rings. The maximum Gasteiger partial charge on any atom is 0.303 e. The number of ether oxygens (including phenoxy) is 1. The first-order valence-electron chi connectivity index (χ1n) is 5.19. The van der Waals surface area contributed by atoms with Crippen molar-refractivity contribution in [1.29, 1.82) is 0 Å². The van der Waals surface area contributed by atoms with Crippen molar-refractivity contribution in [3.8, 4) is 0 Å². The summed E-state index contributed by atoms with van der Waals surface area (Å²) in [6, 6.07) is 0. The van der Waals surface area contributed by atoms with Gasteiger partial charge in [-0.3, -0.25) is 4.79 Å². The average molecular weight is 201 g/mol. The van der Waals surface area contributed by atoms with E-state index in [0.717, 1.165) is 0 Å². The molecule has 0 aromatic carbocycles. The minimum absolute atomic E-state index is 0.225. The predicted molar refractivity (Wildman–Crippen MR) is 58.3 cm³/mol. The van der Waals surface area contributed by atoms with E-state index >= 15 is 0 Å². The Morgan fingerprint density at radius 2 is 1.64 bits per heavy atom. The van der Waals surface area contributed by atoms with Gasteiger partial charge in [0.05, 0.1) is 0 Å². The largest absolute Gasteiger partial charge is 0.460 e. The summed E-state index contributed by atoms with van der Waals surface area (Å²) >= 11 is 0. The van der Waals surface area contributed by atoms with Crippen LogP contribution in [0.2, 0.25) is 0 Å². The summed E-state index contributed by atoms with van der Waals surface area (Å²) in [7, 11) is 2.17. The van der Waals surface area contributed by atoms with Crippen molar-refractivity contribution in [3.63, 3.8) is 0 Å². The Bertz CT molecular complexity index is 167. The van der Waals surface area contributed by atoms with E-state index in [1.54, 1.807) is 0 Å². The number of rotatable bonds is 0. The normalized spacial score (nSPS) is 17.2. The highest BCUT2D eigenvalue weighted by Gasteiger charge is 2.11. The summed E-state index contributed by atoms with van der Waals surface area (Å²) in [6.07, 6.45) is 2.83. The lowest BCUT2D eigenvalue weighted by atomic mass is 10.2. The summed E-state index contributed by atoms with van der Waals surface area (Å²) < 4.78 is 4.80. The van der Waals surface area contributed by atoms with Crippen molar-refractivity contribution >= 4 is 5.97 Å². The predicted octanol–water partition coefficient (Wildman–Crippen LogP) is 2.06. The van der Waals surface area contributed by atoms with E-state index in [4.69, 9.17) is 4.74 Å². The first kappa shape index (κ1) is 13.4. The molecule has 84 valence electrons. The molecule has 1 aliphatic heterocycles. The molecule has 0 radical (unpaired) electrons. The Balaban J connectivity index is 0.000000249. The van der Waals surface area contributed by atoms with E-state index in [1.807, 2.05) is 20.8 Å². The van der Waals surface area contributed by atoms with Gasteiger partial charge in [0.15, 0.2) is 0 Å². The van der Waals surface area contributed by atoms with Gasteiger partial charge >= 0.3 is 5.97 Å². The van der Waals surface area contributed by atoms with Crippen LogP contribution in [0.1, 0.15) is 40.5 Å². The summed E-state index contributed by atoms with van der Waals surface area (Å²) in [5.74, 6) is -0.225. The Morgan fingerprint density at radius 3 is 1.71 bits per heavy atom. The number of hydrogen-bond donors (Lipinski definition) is 0. The highest BCUT2D eigenvalue weighted by molar-refractivity contribution is 5.66. The molecule has 3 heteroatoms. The van der Waals surface area contributed by atoms with Gasteiger partial charge in [-0.15, -0.1) is 0 Å². The smallest absolute Gasteiger partial charge is 0.303 e. The maximum absolute atomic E-state index is 10.2. The standard InChI is InChI=1S/C6H12O2.C5H11N/c1-5(7)8-6(2,3)4;1-6-4-2-3-5-6/h1-4H3;2-5H2,1H3. The van der Waals surface area contributed by atoms with E-state index in [-0.39, 0.29) is 11.6 Å². The minimum atomic E-state index is -0.328. The van der Waals surface area contributed by atoms with Crippen LogP contribution >= 0.6 is 0 Å². The molecule has 14 heavy (non-hydrogen) atoms. The van der Waals surface area contributed by atoms with Gasteiger partial charge in [-0.25, -0.2) is 0 Å². The van der Waals surface area contributed by atoms with Crippen LogP contribution in [0.15, 0.2) is 0 Å². The van der Waals surface area contributed by atoms with Crippen LogP contribution in [0.25, 0.3) is 0 Å². The van der Waals surface area contributed by atoms with Crippen molar-refractivity contribution in [2.75, 3.05) is 20.1 Å². The zero-order valence-electron chi connectivity index (χ0n) is 10.1. The van der Waals surface area contributed by atoms with Crippen LogP contribution in [0.3, 0.4) is 0 Å². The second-order valence-electron chi connectivity index (χ2n) is 4.72. The topological polar surface area (TPSA) is 29.5 Å². The van der Waals surface area contributed by atoms with E-state index in [0.29, 0.717) is 0 Å². The molecule has 0 saturated carbocycles. The van der Waals surface area contributed by atoms with Crippen LogP contribution in [-0.4, -0.2) is 36.6 Å². The van der Waals surface area contributed by atoms with Crippen molar-refractivity contribution < 1.29 is 9.53 Å². The summed E-state index contributed by atoms with van der Waals surface area (Å²) in [6.45, 7) is 9.57. The van der Waals surface area contributed by atoms with Crippen molar-refractivity contribution in [2.45, 2.75) is 46.1 Å². The fourth-order valence-corrected chi connectivity index (χ4v) is 1.31. The number of esters is 1. The van der Waals surface area contributed by atoms with Crippen molar-refractivity contribution in [3.05, 3.63) is 0 Å². The lowest BCUT2D eigenvalue weighted by molar-refractivity contribution is -0.151. The number of likely N-dealkylation sites (tertiary alicyclic amines) is 1. The van der Waals surface area contributed by atoms with Gasteiger partial charge in [-0.05, 0) is 53.8 Å². The van der Waals surface area contributed by atoms with Gasteiger partial charge in [-0.1, -0.05) is 0 Å². The molecule has 1 heterocycles. The lowest BCUT2D eigenvalue weighted by Gasteiger charge is -2.17. The van der Waals surface area contributed by atoms with Crippen LogP contribution in [0.5, 0.6) is 0 Å². The molecule has 1 aliphatic rings. The summed E-state index contributed by atoms with van der Waals surface area (Å²) in [4.78, 5) is 12.6. The number of carbonyl (C=O) groups is 1. The molecule has 3 nitrogen and oxygen atoms in total. The molecule has 0 aromatic rings. The molecule has 1 saturated heterocycles. The third-order valence-electron chi connectivity index (χ3n) is 1.78. The fraction of sp³-hybridized carbons (Fsp3) is 0.909. The summed E-state index contributed by atoms with van der Waals surface area (Å²) in [5.41, 5.74) is -0.328. The zero-order chi connectivity index (χ0) is 11.2. The molecule has 0 unspecified atom stereocenters. The van der Waals surface area contributed by atoms with Crippen LogP contribution in [0, 0.1) is 0 Å². The lowest BCUT2D eigenvalue weighted by Crippen LogP contribution is -2.21. The molecule has 0 spiro atoms. The van der Waals surface area contributed by atoms with Gasteiger partial charge in [0.25, 0.3) is 0 Å². The Morgan fingerprint density at radius 1 is 1.21 bits per heavy atom. The molecular formula is C11H23NO2. The molecular weight excluding hydrogens is 178 g/mol. The summed E-state index contributed by atoms with van der Waals surface area (Å²) in [5, 5.41) is 0. The second kappa shape index (κ2) is 6.02. The van der Waals surface area contributed by atoms with Crippen LogP contribution in [-0.2, 0) is 9.53 Å². The minimum Gasteiger partial charge on any atom is -0.460 e. The average Bonchev–Trinajstić information content (AvgIpc) is 2.34. The molecule has 0 amide bonds. The quantitative estimate of drug-likeness (QED) is 0.562. The molecule has 0 N–H and O–H groups in total. The van der Waals surface area contributed by atoms with Gasteiger partial charge in [0, 0.05) is 6.92 Å². The van der Waals surface area contributed by atoms with Gasteiger partial charge < -0.3 is 9.64 Å². The van der Waals surface area contributed by atoms with Crippen LogP contribution < -0.4 is 0 Å². The Kier molecular flexibility index (Phi) is 5.77. The van der Waals surface area contributed by atoms with Crippen molar-refractivity contribution in [2.24, 2.45) is 0 Å². The second-order valence-corrected chi connectivity index (χ2v) is 4.72. The van der Waals surface area contributed by atoms with Crippen molar-refractivity contribution in [1.82, 2.24) is 4.90 Å². The van der Waals surface area contributed by atoms with E-state index in [9.17, 15) is 4.79 Å². The molecule has 0 aromatic heterocycles. The zero-order valence-corrected chi connectivity index (χ0v) is 10.1. The molecule has 0 aliphatic carbocycles. The molecule has 0 bridgehead atoms. The van der Waals surface area contributed by atoms with E-state index in [2.05, 4.69) is 11.9 Å². The third kappa shape index (κ3) is 9.52. The van der Waals surface area contributed by atoms with E-state index in [1.165, 1.54) is 32.9 Å². The SMILES string of the molecule is CC(=O)OC(C)(C)C.CN1CCCC1. The third-order valence-corrected chi connectivity index (χ3v) is 1.78. The van der Waals surface area contributed by atoms with Gasteiger partial charge in [-0.2, -0.15) is 0 Å². The van der Waals surface area contributed by atoms with Gasteiger partial charge in [0.1, 0.15) is 5.60 Å². The Hall–Kier alpha value is -0.570. The van der Waals surface area contributed by atoms with Gasteiger partial charge in [0.2, 0.25) is 0 Å². The first-order chi connectivity index (χ1) is 6.31. The monoisotopic (exact) mass is 201 g/mol. The first-order valence-corrected chi connectivity index (χ1v) is 5.19. The maximum atomic E-state index is 10.2. The van der Waals surface area contributed by atoms with Crippen LogP contribution in [0.4, 0.5) is 0 Å².